The summed E-state index contributed by atoms with van der Waals surface area (Å²) >= 11 is 7.14. The first kappa shape index (κ1) is 21.2. The van der Waals surface area contributed by atoms with Crippen molar-refractivity contribution in [3.8, 4) is 5.75 Å². The lowest BCUT2D eigenvalue weighted by Gasteiger charge is -2.20. The largest absolute Gasteiger partial charge is 0.495 e. The predicted octanol–water partition coefficient (Wildman–Crippen LogP) is 4.80. The molecule has 0 spiro atoms. The first-order chi connectivity index (χ1) is 13.7. The molecule has 152 valence electrons. The van der Waals surface area contributed by atoms with Crippen molar-refractivity contribution in [1.82, 2.24) is 0 Å². The molecule has 0 radical (unpaired) electrons. The van der Waals surface area contributed by atoms with Gasteiger partial charge in [-0.1, -0.05) is 23.7 Å². The van der Waals surface area contributed by atoms with Gasteiger partial charge in [0, 0.05) is 12.7 Å². The molecule has 0 saturated carbocycles. The van der Waals surface area contributed by atoms with E-state index in [0.29, 0.717) is 22.1 Å². The van der Waals surface area contributed by atoms with E-state index in [1.807, 2.05) is 13.0 Å². The fraction of sp³-hybridized carbons (Fsp3) is 0.150. The minimum atomic E-state index is -3.92. The van der Waals surface area contributed by atoms with Crippen molar-refractivity contribution in [3.05, 3.63) is 69.4 Å². The molecule has 29 heavy (non-hydrogen) atoms. The Kier molecular flexibility index (Phi) is 6.16. The number of methoxy groups -OCH3 is 1. The van der Waals surface area contributed by atoms with Crippen LogP contribution in [0.2, 0.25) is 5.02 Å². The van der Waals surface area contributed by atoms with Crippen LogP contribution in [0.1, 0.15) is 15.2 Å². The Morgan fingerprint density at radius 2 is 1.93 bits per heavy atom. The van der Waals surface area contributed by atoms with Crippen LogP contribution in [0, 0.1) is 6.92 Å². The van der Waals surface area contributed by atoms with Crippen LogP contribution in [0.4, 0.5) is 11.4 Å². The second-order valence-corrected chi connectivity index (χ2v) is 9.49. The van der Waals surface area contributed by atoms with Crippen LogP contribution in [0.15, 0.2) is 58.8 Å². The molecule has 0 bridgehead atoms. The molecule has 0 atom stereocenters. The van der Waals surface area contributed by atoms with Gasteiger partial charge < -0.3 is 10.1 Å². The van der Waals surface area contributed by atoms with E-state index in [1.54, 1.807) is 41.8 Å². The smallest absolute Gasteiger partial charge is 0.267 e. The third-order valence-corrected chi connectivity index (χ3v) is 7.41. The van der Waals surface area contributed by atoms with Crippen LogP contribution in [-0.2, 0) is 10.0 Å². The van der Waals surface area contributed by atoms with E-state index in [9.17, 15) is 13.2 Å². The molecule has 6 nitrogen and oxygen atoms in total. The fourth-order valence-electron chi connectivity index (χ4n) is 2.71. The number of ether oxygens (including phenoxy) is 1. The summed E-state index contributed by atoms with van der Waals surface area (Å²) in [5.74, 6) is -0.0544. The highest BCUT2D eigenvalue weighted by molar-refractivity contribution is 7.93. The summed E-state index contributed by atoms with van der Waals surface area (Å²) in [4.78, 5) is 12.8. The van der Waals surface area contributed by atoms with Crippen LogP contribution < -0.4 is 14.4 Å². The van der Waals surface area contributed by atoms with Gasteiger partial charge in [0.2, 0.25) is 0 Å². The number of sulfonamides is 1. The molecule has 0 unspecified atom stereocenters. The Bertz CT molecular complexity index is 1160. The second-order valence-electron chi connectivity index (χ2n) is 6.23. The Hall–Kier alpha value is -2.55. The van der Waals surface area contributed by atoms with E-state index in [2.05, 4.69) is 5.32 Å². The molecule has 1 aromatic heterocycles. The van der Waals surface area contributed by atoms with E-state index in [0.717, 1.165) is 16.9 Å². The summed E-state index contributed by atoms with van der Waals surface area (Å²) in [5, 5.41) is 4.60. The Morgan fingerprint density at radius 3 is 2.59 bits per heavy atom. The number of nitrogens with zero attached hydrogens (tertiary/aromatic N) is 1. The topological polar surface area (TPSA) is 75.7 Å². The minimum absolute atomic E-state index is 0.0522. The predicted molar refractivity (Wildman–Crippen MR) is 117 cm³/mol. The summed E-state index contributed by atoms with van der Waals surface area (Å²) in [6, 6.07) is 13.4. The van der Waals surface area contributed by atoms with Gasteiger partial charge in [-0.2, -0.15) is 0 Å². The van der Waals surface area contributed by atoms with E-state index in [-0.39, 0.29) is 9.77 Å². The average molecular weight is 451 g/mol. The summed E-state index contributed by atoms with van der Waals surface area (Å²) in [6.07, 6.45) is 0. The quantitative estimate of drug-likeness (QED) is 0.585. The third kappa shape index (κ3) is 4.39. The van der Waals surface area contributed by atoms with Crippen LogP contribution in [0.5, 0.6) is 5.75 Å². The van der Waals surface area contributed by atoms with Crippen molar-refractivity contribution >= 4 is 50.2 Å². The normalized spacial score (nSPS) is 11.2. The lowest BCUT2D eigenvalue weighted by Crippen LogP contribution is -2.28. The standard InChI is InChI=1S/C20H19ClN2O4S2/c1-13-5-4-6-15(11-13)23(2)29(25,26)18-9-10-28-19(18)20(24)22-14-7-8-17(27-3)16(21)12-14/h4-12H,1-3H3,(H,22,24). The van der Waals surface area contributed by atoms with Gasteiger partial charge in [-0.15, -0.1) is 11.3 Å². The minimum Gasteiger partial charge on any atom is -0.495 e. The van der Waals surface area contributed by atoms with Gasteiger partial charge in [0.25, 0.3) is 15.9 Å². The number of halogens is 1. The van der Waals surface area contributed by atoms with Crippen molar-refractivity contribution in [2.45, 2.75) is 11.8 Å². The lowest BCUT2D eigenvalue weighted by molar-refractivity contribution is 0.102. The Balaban J connectivity index is 1.89. The van der Waals surface area contributed by atoms with Crippen LogP contribution in [-0.4, -0.2) is 28.5 Å². The molecule has 0 aliphatic heterocycles. The van der Waals surface area contributed by atoms with Crippen molar-refractivity contribution in [1.29, 1.82) is 0 Å². The second kappa shape index (κ2) is 8.44. The number of anilines is 2. The van der Waals surface area contributed by atoms with Gasteiger partial charge in [-0.25, -0.2) is 8.42 Å². The first-order valence-corrected chi connectivity index (χ1v) is 11.2. The number of thiophene rings is 1. The molecule has 0 aliphatic rings. The number of nitrogens with one attached hydrogen (secondary N) is 1. The fourth-order valence-corrected chi connectivity index (χ4v) is 5.45. The molecule has 1 amide bonds. The zero-order valence-corrected chi connectivity index (χ0v) is 18.4. The molecule has 0 aliphatic carbocycles. The van der Waals surface area contributed by atoms with Crippen LogP contribution >= 0.6 is 22.9 Å². The highest BCUT2D eigenvalue weighted by atomic mass is 35.5. The zero-order valence-electron chi connectivity index (χ0n) is 16.0. The maximum Gasteiger partial charge on any atom is 0.267 e. The summed E-state index contributed by atoms with van der Waals surface area (Å²) < 4.78 is 32.5. The van der Waals surface area contributed by atoms with E-state index in [4.69, 9.17) is 16.3 Å². The van der Waals surface area contributed by atoms with E-state index in [1.165, 1.54) is 24.5 Å². The number of aryl methyl sites for hydroxylation is 1. The number of benzene rings is 2. The summed E-state index contributed by atoms with van der Waals surface area (Å²) in [7, 11) is -0.957. The van der Waals surface area contributed by atoms with Crippen LogP contribution in [0.3, 0.4) is 0 Å². The van der Waals surface area contributed by atoms with Crippen molar-refractivity contribution < 1.29 is 17.9 Å². The Morgan fingerprint density at radius 1 is 1.17 bits per heavy atom. The Labute approximate surface area is 178 Å². The number of carbonyl (C=O) groups is 1. The molecule has 0 fully saturated rings. The van der Waals surface area contributed by atoms with E-state index < -0.39 is 15.9 Å². The number of hydrogen-bond donors (Lipinski definition) is 1. The monoisotopic (exact) mass is 450 g/mol. The molecule has 0 saturated heterocycles. The van der Waals surface area contributed by atoms with Gasteiger partial charge in [0.1, 0.15) is 15.5 Å². The number of amides is 1. The SMILES string of the molecule is COc1ccc(NC(=O)c2sccc2S(=O)(=O)N(C)c2cccc(C)c2)cc1Cl. The molecule has 9 heteroatoms. The highest BCUT2D eigenvalue weighted by Gasteiger charge is 2.28. The molecular formula is C20H19ClN2O4S2. The molecule has 2 aromatic carbocycles. The van der Waals surface area contributed by atoms with Gasteiger partial charge >= 0.3 is 0 Å². The maximum atomic E-state index is 13.1. The summed E-state index contributed by atoms with van der Waals surface area (Å²) in [5.41, 5.74) is 1.89. The van der Waals surface area contributed by atoms with Gasteiger partial charge in [0.05, 0.1) is 17.8 Å². The average Bonchev–Trinajstić information content (AvgIpc) is 3.18. The molecule has 1 N–H and O–H groups in total. The van der Waals surface area contributed by atoms with E-state index >= 15 is 0 Å². The van der Waals surface area contributed by atoms with Gasteiger partial charge in [-0.05, 0) is 54.3 Å². The lowest BCUT2D eigenvalue weighted by atomic mass is 10.2. The summed E-state index contributed by atoms with van der Waals surface area (Å²) in [6.45, 7) is 1.88. The molecule has 3 aromatic rings. The number of hydrogen-bond acceptors (Lipinski definition) is 5. The number of rotatable bonds is 6. The third-order valence-electron chi connectivity index (χ3n) is 4.25. The van der Waals surface area contributed by atoms with Gasteiger partial charge in [0.15, 0.2) is 0 Å². The maximum absolute atomic E-state index is 13.1. The van der Waals surface area contributed by atoms with Crippen molar-refractivity contribution in [2.75, 3.05) is 23.8 Å². The van der Waals surface area contributed by atoms with Crippen molar-refractivity contribution in [3.63, 3.8) is 0 Å². The first-order valence-electron chi connectivity index (χ1n) is 8.52. The molecular weight excluding hydrogens is 432 g/mol. The van der Waals surface area contributed by atoms with Crippen LogP contribution in [0.25, 0.3) is 0 Å². The zero-order chi connectivity index (χ0) is 21.2. The highest BCUT2D eigenvalue weighted by Crippen LogP contribution is 2.30. The molecule has 1 heterocycles. The van der Waals surface area contributed by atoms with Gasteiger partial charge in [-0.3, -0.25) is 9.10 Å². The number of carbonyl (C=O) groups excluding carboxylic acids is 1. The molecule has 3 rings (SSSR count). The van der Waals surface area contributed by atoms with Crippen molar-refractivity contribution in [2.24, 2.45) is 0 Å².